The van der Waals surface area contributed by atoms with Gasteiger partial charge < -0.3 is 25.0 Å². The summed E-state index contributed by atoms with van der Waals surface area (Å²) in [7, 11) is 0. The zero-order valence-corrected chi connectivity index (χ0v) is 26.6. The predicted octanol–water partition coefficient (Wildman–Crippen LogP) is 5.26. The average molecular weight is 582 g/mol. The molecule has 230 valence electrons. The van der Waals surface area contributed by atoms with Crippen molar-refractivity contribution in [3.63, 3.8) is 0 Å². The second kappa shape index (κ2) is 14.3. The third-order valence-corrected chi connectivity index (χ3v) is 6.12. The summed E-state index contributed by atoms with van der Waals surface area (Å²) in [6.45, 7) is 17.5. The Hall–Kier alpha value is -3.88. The number of carbonyl (C=O) groups excluding carboxylic acids is 4. The van der Waals surface area contributed by atoms with E-state index in [0.717, 1.165) is 11.1 Å². The van der Waals surface area contributed by atoms with E-state index in [1.807, 2.05) is 49.4 Å². The molecule has 2 N–H and O–H groups in total. The van der Waals surface area contributed by atoms with Gasteiger partial charge in [0.15, 0.2) is 0 Å². The number of hydrogen-bond donors (Lipinski definition) is 2. The molecule has 0 saturated carbocycles. The highest BCUT2D eigenvalue weighted by atomic mass is 16.6. The zero-order valence-electron chi connectivity index (χ0n) is 26.6. The van der Waals surface area contributed by atoms with Crippen LogP contribution in [0.2, 0.25) is 0 Å². The molecule has 2 aromatic carbocycles. The number of nitrogens with zero attached hydrogens (tertiary/aromatic N) is 1. The van der Waals surface area contributed by atoms with Crippen LogP contribution < -0.4 is 10.6 Å². The molecule has 0 saturated heterocycles. The summed E-state index contributed by atoms with van der Waals surface area (Å²) in [6.07, 6.45) is -0.537. The van der Waals surface area contributed by atoms with Gasteiger partial charge in [0.05, 0.1) is 0 Å². The first-order chi connectivity index (χ1) is 19.4. The Kier molecular flexibility index (Phi) is 11.7. The van der Waals surface area contributed by atoms with E-state index in [1.165, 1.54) is 4.90 Å². The molecule has 42 heavy (non-hydrogen) atoms. The Labute approximate surface area is 250 Å². The fourth-order valence-electron chi connectivity index (χ4n) is 4.30. The average Bonchev–Trinajstić information content (AvgIpc) is 2.85. The van der Waals surface area contributed by atoms with Gasteiger partial charge in [-0.25, -0.2) is 9.59 Å². The number of alkyl carbamates (subject to hydrolysis) is 1. The Morgan fingerprint density at radius 2 is 1.33 bits per heavy atom. The Bertz CT molecular complexity index is 1210. The Morgan fingerprint density at radius 3 is 1.83 bits per heavy atom. The van der Waals surface area contributed by atoms with Gasteiger partial charge in [-0.3, -0.25) is 9.59 Å². The van der Waals surface area contributed by atoms with Crippen LogP contribution in [-0.4, -0.2) is 58.1 Å². The Morgan fingerprint density at radius 1 is 0.786 bits per heavy atom. The van der Waals surface area contributed by atoms with Crippen LogP contribution in [0, 0.1) is 6.92 Å². The molecule has 0 aromatic heterocycles. The van der Waals surface area contributed by atoms with Gasteiger partial charge in [0.2, 0.25) is 11.8 Å². The summed E-state index contributed by atoms with van der Waals surface area (Å²) in [5.41, 5.74) is 0.871. The number of carbonyl (C=O) groups is 4. The summed E-state index contributed by atoms with van der Waals surface area (Å²) < 4.78 is 11.0. The van der Waals surface area contributed by atoms with Gasteiger partial charge in [-0.05, 0) is 80.4 Å². The standard InChI is InChI=1S/C33H47N3O6/c1-21(2)36(29(38)23(4)34-31(40)42-33(8,9)10)27(25-18-16-22(3)17-19-25)28(37)35-26(30(39)41-32(5,6)7)20-24-14-12-11-13-15-24/h11-19,21,23,26-27H,20H2,1-10H3,(H,34,40)(H,35,37). The van der Waals surface area contributed by atoms with E-state index in [9.17, 15) is 19.2 Å². The molecule has 2 aromatic rings. The van der Waals surface area contributed by atoms with Crippen LogP contribution in [0.15, 0.2) is 54.6 Å². The zero-order chi connectivity index (χ0) is 31.8. The monoisotopic (exact) mass is 581 g/mol. The van der Waals surface area contributed by atoms with Crippen molar-refractivity contribution in [2.24, 2.45) is 0 Å². The Balaban J connectivity index is 2.48. The van der Waals surface area contributed by atoms with E-state index in [-0.39, 0.29) is 6.42 Å². The van der Waals surface area contributed by atoms with Gasteiger partial charge >= 0.3 is 12.1 Å². The number of amides is 3. The number of ether oxygens (including phenoxy) is 2. The van der Waals surface area contributed by atoms with Crippen LogP contribution in [0.1, 0.15) is 85.0 Å². The maximum absolute atomic E-state index is 14.2. The van der Waals surface area contributed by atoms with Crippen molar-refractivity contribution in [3.05, 3.63) is 71.3 Å². The summed E-state index contributed by atoms with van der Waals surface area (Å²) in [6, 6.07) is 13.1. The van der Waals surface area contributed by atoms with E-state index in [2.05, 4.69) is 10.6 Å². The second-order valence-electron chi connectivity index (χ2n) is 12.8. The molecular weight excluding hydrogens is 534 g/mol. The molecule has 0 radical (unpaired) electrons. The third-order valence-electron chi connectivity index (χ3n) is 6.12. The maximum Gasteiger partial charge on any atom is 0.408 e. The molecule has 3 atom stereocenters. The summed E-state index contributed by atoms with van der Waals surface area (Å²) in [4.78, 5) is 55.2. The lowest BCUT2D eigenvalue weighted by Crippen LogP contribution is -2.56. The molecule has 9 heteroatoms. The number of esters is 1. The number of aryl methyl sites for hydroxylation is 1. The van der Waals surface area contributed by atoms with Gasteiger partial charge in [0, 0.05) is 12.5 Å². The largest absolute Gasteiger partial charge is 0.458 e. The van der Waals surface area contributed by atoms with Crippen molar-refractivity contribution in [1.29, 1.82) is 0 Å². The number of nitrogens with one attached hydrogen (secondary N) is 2. The fourth-order valence-corrected chi connectivity index (χ4v) is 4.30. The second-order valence-corrected chi connectivity index (χ2v) is 12.8. The van der Waals surface area contributed by atoms with Crippen molar-refractivity contribution < 1.29 is 28.7 Å². The van der Waals surface area contributed by atoms with Crippen LogP contribution >= 0.6 is 0 Å². The van der Waals surface area contributed by atoms with Crippen molar-refractivity contribution in [3.8, 4) is 0 Å². The molecule has 0 spiro atoms. The number of rotatable bonds is 10. The van der Waals surface area contributed by atoms with Crippen molar-refractivity contribution in [1.82, 2.24) is 15.5 Å². The van der Waals surface area contributed by atoms with Gasteiger partial charge in [-0.2, -0.15) is 0 Å². The highest BCUT2D eigenvalue weighted by Crippen LogP contribution is 2.26. The molecule has 0 fully saturated rings. The molecule has 9 nitrogen and oxygen atoms in total. The van der Waals surface area contributed by atoms with Gasteiger partial charge in [-0.1, -0.05) is 60.2 Å². The highest BCUT2D eigenvalue weighted by molar-refractivity contribution is 5.94. The molecule has 0 heterocycles. The summed E-state index contributed by atoms with van der Waals surface area (Å²) in [5, 5.41) is 5.47. The van der Waals surface area contributed by atoms with Gasteiger partial charge in [-0.15, -0.1) is 0 Å². The summed E-state index contributed by atoms with van der Waals surface area (Å²) in [5.74, 6) is -1.60. The van der Waals surface area contributed by atoms with Crippen LogP contribution in [0.4, 0.5) is 4.79 Å². The molecular formula is C33H47N3O6. The lowest BCUT2D eigenvalue weighted by atomic mass is 9.99. The molecule has 3 unspecified atom stereocenters. The van der Waals surface area contributed by atoms with E-state index in [1.54, 1.807) is 74.4 Å². The van der Waals surface area contributed by atoms with E-state index in [0.29, 0.717) is 5.56 Å². The molecule has 0 aliphatic carbocycles. The lowest BCUT2D eigenvalue weighted by Gasteiger charge is -2.37. The fraction of sp³-hybridized carbons (Fsp3) is 0.515. The predicted molar refractivity (Wildman–Crippen MR) is 163 cm³/mol. The molecule has 2 rings (SSSR count). The molecule has 0 bridgehead atoms. The smallest absolute Gasteiger partial charge is 0.408 e. The molecule has 0 aliphatic heterocycles. The normalized spacial score (nSPS) is 13.9. The van der Waals surface area contributed by atoms with Crippen LogP contribution in [0.3, 0.4) is 0 Å². The summed E-state index contributed by atoms with van der Waals surface area (Å²) >= 11 is 0. The quantitative estimate of drug-likeness (QED) is 0.370. The minimum atomic E-state index is -1.10. The first-order valence-electron chi connectivity index (χ1n) is 14.3. The van der Waals surface area contributed by atoms with E-state index < -0.39 is 59.2 Å². The van der Waals surface area contributed by atoms with Crippen molar-refractivity contribution >= 4 is 23.9 Å². The number of benzene rings is 2. The van der Waals surface area contributed by atoms with Gasteiger partial charge in [0.25, 0.3) is 0 Å². The minimum Gasteiger partial charge on any atom is -0.458 e. The van der Waals surface area contributed by atoms with Crippen LogP contribution in [0.25, 0.3) is 0 Å². The maximum atomic E-state index is 14.2. The van der Waals surface area contributed by atoms with E-state index in [4.69, 9.17) is 9.47 Å². The van der Waals surface area contributed by atoms with E-state index >= 15 is 0 Å². The lowest BCUT2D eigenvalue weighted by molar-refractivity contribution is -0.159. The third kappa shape index (κ3) is 10.8. The van der Waals surface area contributed by atoms with Crippen molar-refractivity contribution in [2.45, 2.75) is 111 Å². The first-order valence-corrected chi connectivity index (χ1v) is 14.3. The topological polar surface area (TPSA) is 114 Å². The minimum absolute atomic E-state index is 0.203. The van der Waals surface area contributed by atoms with Gasteiger partial charge in [0.1, 0.15) is 29.3 Å². The first kappa shape index (κ1) is 34.3. The SMILES string of the molecule is Cc1ccc(C(C(=O)NC(Cc2ccccc2)C(=O)OC(C)(C)C)N(C(=O)C(C)NC(=O)OC(C)(C)C)C(C)C)cc1. The number of hydrogen-bond acceptors (Lipinski definition) is 6. The molecule has 0 aliphatic rings. The highest BCUT2D eigenvalue weighted by Gasteiger charge is 2.38. The van der Waals surface area contributed by atoms with Crippen LogP contribution in [-0.2, 0) is 30.3 Å². The van der Waals surface area contributed by atoms with Crippen LogP contribution in [0.5, 0.6) is 0 Å². The van der Waals surface area contributed by atoms with Crippen molar-refractivity contribution in [2.75, 3.05) is 0 Å². The molecule has 3 amide bonds.